The van der Waals surface area contributed by atoms with E-state index in [0.29, 0.717) is 11.5 Å². The van der Waals surface area contributed by atoms with Gasteiger partial charge in [-0.25, -0.2) is 0 Å². The van der Waals surface area contributed by atoms with Crippen LogP contribution in [0.2, 0.25) is 0 Å². The minimum atomic E-state index is -0.633. The molecule has 2 saturated carbocycles. The normalized spacial score (nSPS) is 39.7. The van der Waals surface area contributed by atoms with E-state index in [4.69, 9.17) is 5.11 Å². The lowest BCUT2D eigenvalue weighted by atomic mass is 9.66. The molecule has 0 aromatic carbocycles. The zero-order valence-electron chi connectivity index (χ0n) is 8.92. The van der Waals surface area contributed by atoms with Crippen molar-refractivity contribution in [3.63, 3.8) is 0 Å². The minimum absolute atomic E-state index is 0.133. The molecule has 0 amide bonds. The van der Waals surface area contributed by atoms with Gasteiger partial charge in [-0.3, -0.25) is 4.79 Å². The van der Waals surface area contributed by atoms with Gasteiger partial charge in [-0.05, 0) is 31.1 Å². The number of carboxylic acid groups (broad SMARTS) is 1. The molecule has 3 atom stereocenters. The largest absolute Gasteiger partial charge is 0.481 e. The predicted molar refractivity (Wildman–Crippen MR) is 54.1 cm³/mol. The van der Waals surface area contributed by atoms with Crippen molar-refractivity contribution in [1.29, 1.82) is 0 Å². The fourth-order valence-electron chi connectivity index (χ4n) is 2.43. The van der Waals surface area contributed by atoms with Gasteiger partial charge in [0.1, 0.15) is 0 Å². The maximum Gasteiger partial charge on any atom is 0.308 e. The molecule has 80 valence electrons. The van der Waals surface area contributed by atoms with Crippen molar-refractivity contribution >= 4 is 5.97 Å². The summed E-state index contributed by atoms with van der Waals surface area (Å²) in [7, 11) is 0. The third-order valence-electron chi connectivity index (χ3n) is 4.03. The zero-order valence-corrected chi connectivity index (χ0v) is 8.92. The van der Waals surface area contributed by atoms with Crippen LogP contribution in [0.15, 0.2) is 0 Å². The topological polar surface area (TPSA) is 49.3 Å². The number of carbonyl (C=O) groups is 1. The second kappa shape index (κ2) is 3.23. The molecule has 3 nitrogen and oxygen atoms in total. The number of aliphatic carboxylic acids is 1. The average Bonchev–Trinajstić information content (AvgIpc) is 1.99. The first-order valence-corrected chi connectivity index (χ1v) is 5.49. The molecule has 0 saturated heterocycles. The summed E-state index contributed by atoms with van der Waals surface area (Å²) in [6.45, 7) is 4.51. The summed E-state index contributed by atoms with van der Waals surface area (Å²) < 4.78 is 0. The zero-order chi connectivity index (χ0) is 10.3. The maximum absolute atomic E-state index is 10.8. The van der Waals surface area contributed by atoms with Gasteiger partial charge in [-0.15, -0.1) is 0 Å². The van der Waals surface area contributed by atoms with Crippen molar-refractivity contribution < 1.29 is 9.90 Å². The molecule has 0 bridgehead atoms. The lowest BCUT2D eigenvalue weighted by Gasteiger charge is -2.49. The summed E-state index contributed by atoms with van der Waals surface area (Å²) in [5.41, 5.74) is 0.374. The molecule has 0 radical (unpaired) electrons. The molecular weight excluding hydrogens is 178 g/mol. The lowest BCUT2D eigenvalue weighted by Crippen LogP contribution is -2.59. The molecule has 0 aromatic heterocycles. The van der Waals surface area contributed by atoms with Gasteiger partial charge >= 0.3 is 5.97 Å². The second-order valence-electron chi connectivity index (χ2n) is 5.38. The van der Waals surface area contributed by atoms with Crippen LogP contribution < -0.4 is 5.32 Å². The van der Waals surface area contributed by atoms with Gasteiger partial charge in [0.05, 0.1) is 5.92 Å². The lowest BCUT2D eigenvalue weighted by molar-refractivity contribution is -0.146. The molecule has 2 rings (SSSR count). The van der Waals surface area contributed by atoms with Gasteiger partial charge < -0.3 is 10.4 Å². The first kappa shape index (κ1) is 9.97. The van der Waals surface area contributed by atoms with Crippen LogP contribution in [0.5, 0.6) is 0 Å². The number of hydrogen-bond acceptors (Lipinski definition) is 2. The summed E-state index contributed by atoms with van der Waals surface area (Å²) in [5, 5.41) is 12.4. The fourth-order valence-corrected chi connectivity index (χ4v) is 2.43. The highest BCUT2D eigenvalue weighted by Crippen LogP contribution is 2.42. The first-order valence-electron chi connectivity index (χ1n) is 5.49. The summed E-state index contributed by atoms with van der Waals surface area (Å²) in [6, 6.07) is 0.770. The Kier molecular flexibility index (Phi) is 2.30. The Morgan fingerprint density at radius 3 is 2.36 bits per heavy atom. The van der Waals surface area contributed by atoms with E-state index in [1.165, 1.54) is 12.8 Å². The molecule has 0 aromatic rings. The highest BCUT2D eigenvalue weighted by molar-refractivity contribution is 5.72. The van der Waals surface area contributed by atoms with Crippen LogP contribution in [0.1, 0.15) is 39.5 Å². The van der Waals surface area contributed by atoms with E-state index in [0.717, 1.165) is 12.8 Å². The Labute approximate surface area is 84.9 Å². The van der Waals surface area contributed by atoms with Crippen LogP contribution in [0.25, 0.3) is 0 Å². The molecule has 2 fully saturated rings. The van der Waals surface area contributed by atoms with Crippen LogP contribution in [-0.4, -0.2) is 23.2 Å². The van der Waals surface area contributed by atoms with E-state index in [9.17, 15) is 4.79 Å². The smallest absolute Gasteiger partial charge is 0.308 e. The highest BCUT2D eigenvalue weighted by atomic mass is 16.4. The molecule has 2 N–H and O–H groups in total. The SMILES string of the molecule is CC1(C)CCC1NC1CCC1C(=O)O. The molecule has 3 unspecified atom stereocenters. The van der Waals surface area contributed by atoms with Gasteiger partial charge in [0.15, 0.2) is 0 Å². The van der Waals surface area contributed by atoms with Gasteiger partial charge in [-0.1, -0.05) is 13.8 Å². The van der Waals surface area contributed by atoms with Crippen molar-refractivity contribution in [2.45, 2.75) is 51.6 Å². The Bertz CT molecular complexity index is 250. The summed E-state index contributed by atoms with van der Waals surface area (Å²) >= 11 is 0. The Morgan fingerprint density at radius 1 is 1.36 bits per heavy atom. The number of hydrogen-bond donors (Lipinski definition) is 2. The molecule has 2 aliphatic carbocycles. The van der Waals surface area contributed by atoms with Crippen molar-refractivity contribution in [1.82, 2.24) is 5.32 Å². The van der Waals surface area contributed by atoms with Crippen molar-refractivity contribution in [3.05, 3.63) is 0 Å². The highest BCUT2D eigenvalue weighted by Gasteiger charge is 2.44. The van der Waals surface area contributed by atoms with E-state index in [-0.39, 0.29) is 12.0 Å². The summed E-state index contributed by atoms with van der Waals surface area (Å²) in [5.74, 6) is -0.766. The molecule has 0 heterocycles. The summed E-state index contributed by atoms with van der Waals surface area (Å²) in [4.78, 5) is 10.8. The second-order valence-corrected chi connectivity index (χ2v) is 5.38. The van der Waals surface area contributed by atoms with E-state index >= 15 is 0 Å². The third kappa shape index (κ3) is 1.54. The van der Waals surface area contributed by atoms with Gasteiger partial charge in [-0.2, -0.15) is 0 Å². The van der Waals surface area contributed by atoms with Crippen molar-refractivity contribution in [3.8, 4) is 0 Å². The van der Waals surface area contributed by atoms with Crippen LogP contribution >= 0.6 is 0 Å². The Balaban J connectivity index is 1.84. The van der Waals surface area contributed by atoms with Crippen LogP contribution in [-0.2, 0) is 4.79 Å². The summed E-state index contributed by atoms with van der Waals surface area (Å²) in [6.07, 6.45) is 4.34. The van der Waals surface area contributed by atoms with Crippen molar-refractivity contribution in [2.75, 3.05) is 0 Å². The predicted octanol–water partition coefficient (Wildman–Crippen LogP) is 1.63. The van der Waals surface area contributed by atoms with Gasteiger partial charge in [0, 0.05) is 12.1 Å². The third-order valence-corrected chi connectivity index (χ3v) is 4.03. The molecule has 0 aliphatic heterocycles. The van der Waals surface area contributed by atoms with Crippen molar-refractivity contribution in [2.24, 2.45) is 11.3 Å². The number of nitrogens with one attached hydrogen (secondary N) is 1. The molecule has 14 heavy (non-hydrogen) atoms. The van der Waals surface area contributed by atoms with Gasteiger partial charge in [0.2, 0.25) is 0 Å². The van der Waals surface area contributed by atoms with E-state index in [1.54, 1.807) is 0 Å². The van der Waals surface area contributed by atoms with Gasteiger partial charge in [0.25, 0.3) is 0 Å². The maximum atomic E-state index is 10.8. The number of rotatable bonds is 3. The van der Waals surface area contributed by atoms with Crippen LogP contribution in [0.4, 0.5) is 0 Å². The van der Waals surface area contributed by atoms with E-state index in [2.05, 4.69) is 19.2 Å². The standard InChI is InChI=1S/C11H19NO2/c1-11(2)6-5-9(11)12-8-4-3-7(8)10(13)14/h7-9,12H,3-6H2,1-2H3,(H,13,14). The van der Waals surface area contributed by atoms with E-state index < -0.39 is 5.97 Å². The van der Waals surface area contributed by atoms with Crippen LogP contribution in [0.3, 0.4) is 0 Å². The Hall–Kier alpha value is -0.570. The fraction of sp³-hybridized carbons (Fsp3) is 0.909. The average molecular weight is 197 g/mol. The van der Waals surface area contributed by atoms with Crippen LogP contribution in [0, 0.1) is 11.3 Å². The minimum Gasteiger partial charge on any atom is -0.481 e. The molecule has 3 heteroatoms. The molecule has 0 spiro atoms. The monoisotopic (exact) mass is 197 g/mol. The molecule has 2 aliphatic rings. The number of carboxylic acids is 1. The quantitative estimate of drug-likeness (QED) is 0.723. The van der Waals surface area contributed by atoms with E-state index in [1.807, 2.05) is 0 Å². The molecular formula is C11H19NO2. The Morgan fingerprint density at radius 2 is 2.07 bits per heavy atom. The first-order chi connectivity index (χ1) is 6.50.